The van der Waals surface area contributed by atoms with Crippen LogP contribution in [0.2, 0.25) is 0 Å². The van der Waals surface area contributed by atoms with Gasteiger partial charge in [-0.15, -0.1) is 0 Å². The first kappa shape index (κ1) is 25.2. The number of nitrogens with zero attached hydrogens (tertiary/aromatic N) is 2. The zero-order valence-corrected chi connectivity index (χ0v) is 19.7. The van der Waals surface area contributed by atoms with Crippen molar-refractivity contribution in [2.24, 2.45) is 5.92 Å². The molecular formula is C23H26N2O8S. The van der Waals surface area contributed by atoms with Crippen LogP contribution in [0.3, 0.4) is 0 Å². The summed E-state index contributed by atoms with van der Waals surface area (Å²) in [4.78, 5) is 36.1. The van der Waals surface area contributed by atoms with Gasteiger partial charge >= 0.3 is 16.1 Å². The third-order valence-electron chi connectivity index (χ3n) is 5.87. The number of nitro groups is 1. The molecule has 1 aliphatic rings. The van der Waals surface area contributed by atoms with E-state index in [2.05, 4.69) is 6.92 Å². The summed E-state index contributed by atoms with van der Waals surface area (Å²) >= 11 is 0. The first-order valence-corrected chi connectivity index (χ1v) is 12.2. The first-order chi connectivity index (χ1) is 16.1. The highest BCUT2D eigenvalue weighted by Gasteiger charge is 2.25. The zero-order chi connectivity index (χ0) is 24.9. The van der Waals surface area contributed by atoms with Crippen LogP contribution in [-0.4, -0.2) is 49.8 Å². The van der Waals surface area contributed by atoms with E-state index in [1.54, 1.807) is 11.9 Å². The molecule has 1 saturated carbocycles. The second-order valence-electron chi connectivity index (χ2n) is 8.31. The van der Waals surface area contributed by atoms with Crippen LogP contribution in [0.15, 0.2) is 53.4 Å². The van der Waals surface area contributed by atoms with Gasteiger partial charge in [0.05, 0.1) is 10.5 Å². The minimum Gasteiger partial charge on any atom is -0.452 e. The number of hydrogen-bond donors (Lipinski definition) is 0. The number of rotatable bonds is 8. The second kappa shape index (κ2) is 10.6. The van der Waals surface area contributed by atoms with Crippen LogP contribution < -0.4 is 4.18 Å². The van der Waals surface area contributed by atoms with Gasteiger partial charge in [-0.2, -0.15) is 8.42 Å². The Bertz CT molecular complexity index is 1160. The van der Waals surface area contributed by atoms with Gasteiger partial charge in [0.25, 0.3) is 11.6 Å². The Labute approximate surface area is 197 Å². The molecule has 0 spiro atoms. The molecule has 0 N–H and O–H groups in total. The zero-order valence-electron chi connectivity index (χ0n) is 18.9. The van der Waals surface area contributed by atoms with Gasteiger partial charge in [0.15, 0.2) is 6.61 Å². The summed E-state index contributed by atoms with van der Waals surface area (Å²) in [5.41, 5.74) is -0.275. The van der Waals surface area contributed by atoms with Crippen LogP contribution in [0.1, 0.15) is 43.0 Å². The van der Waals surface area contributed by atoms with Crippen molar-refractivity contribution in [3.63, 3.8) is 0 Å². The number of carbonyl (C=O) groups excluding carboxylic acids is 2. The lowest BCUT2D eigenvalue weighted by molar-refractivity contribution is -0.385. The highest BCUT2D eigenvalue weighted by atomic mass is 32.2. The van der Waals surface area contributed by atoms with Gasteiger partial charge in [-0.1, -0.05) is 13.0 Å². The third-order valence-corrected chi connectivity index (χ3v) is 7.11. The summed E-state index contributed by atoms with van der Waals surface area (Å²) in [6.45, 7) is 1.81. The van der Waals surface area contributed by atoms with Gasteiger partial charge in [0.1, 0.15) is 10.6 Å². The Morgan fingerprint density at radius 2 is 1.74 bits per heavy atom. The number of carbonyl (C=O) groups is 2. The number of esters is 1. The molecule has 2 aromatic carbocycles. The van der Waals surface area contributed by atoms with E-state index in [0.29, 0.717) is 5.92 Å². The van der Waals surface area contributed by atoms with Crippen LogP contribution in [0.5, 0.6) is 5.75 Å². The lowest BCUT2D eigenvalue weighted by atomic mass is 9.87. The monoisotopic (exact) mass is 490 g/mol. The number of hydrogen-bond acceptors (Lipinski definition) is 8. The van der Waals surface area contributed by atoms with Crippen molar-refractivity contribution in [3.05, 3.63) is 64.2 Å². The Morgan fingerprint density at radius 1 is 1.09 bits per heavy atom. The molecule has 0 aliphatic heterocycles. The van der Waals surface area contributed by atoms with Crippen molar-refractivity contribution in [3.8, 4) is 5.75 Å². The number of ether oxygens (including phenoxy) is 1. The second-order valence-corrected chi connectivity index (χ2v) is 9.86. The van der Waals surface area contributed by atoms with Gasteiger partial charge in [0, 0.05) is 25.2 Å². The molecular weight excluding hydrogens is 464 g/mol. The maximum Gasteiger partial charge on any atom is 0.339 e. The molecule has 1 amide bonds. The van der Waals surface area contributed by atoms with E-state index in [-0.39, 0.29) is 40.5 Å². The molecule has 0 heterocycles. The largest absolute Gasteiger partial charge is 0.452 e. The van der Waals surface area contributed by atoms with Crippen molar-refractivity contribution >= 4 is 27.7 Å². The van der Waals surface area contributed by atoms with Crippen molar-refractivity contribution in [1.29, 1.82) is 0 Å². The fourth-order valence-electron chi connectivity index (χ4n) is 3.72. The molecule has 3 rings (SSSR count). The number of benzene rings is 2. The smallest absolute Gasteiger partial charge is 0.339 e. The number of amides is 1. The predicted octanol–water partition coefficient (Wildman–Crippen LogP) is 3.56. The summed E-state index contributed by atoms with van der Waals surface area (Å²) < 4.78 is 34.9. The summed E-state index contributed by atoms with van der Waals surface area (Å²) in [6, 6.07) is 9.73. The highest BCUT2D eigenvalue weighted by Crippen LogP contribution is 2.26. The van der Waals surface area contributed by atoms with Crippen molar-refractivity contribution in [1.82, 2.24) is 4.90 Å². The van der Waals surface area contributed by atoms with E-state index in [0.717, 1.165) is 37.8 Å². The van der Waals surface area contributed by atoms with Gasteiger partial charge in [0.2, 0.25) is 0 Å². The van der Waals surface area contributed by atoms with Gasteiger partial charge in [-0.05, 0) is 61.9 Å². The summed E-state index contributed by atoms with van der Waals surface area (Å²) in [5, 5.41) is 10.9. The Balaban J connectivity index is 1.56. The molecule has 34 heavy (non-hydrogen) atoms. The average molecular weight is 491 g/mol. The molecule has 10 nitrogen and oxygen atoms in total. The van der Waals surface area contributed by atoms with Crippen molar-refractivity contribution in [2.45, 2.75) is 43.5 Å². The van der Waals surface area contributed by atoms with Gasteiger partial charge < -0.3 is 13.8 Å². The van der Waals surface area contributed by atoms with E-state index < -0.39 is 21.0 Å². The topological polar surface area (TPSA) is 133 Å². The minimum absolute atomic E-state index is 0.0922. The Kier molecular flexibility index (Phi) is 7.87. The van der Waals surface area contributed by atoms with E-state index in [9.17, 15) is 28.1 Å². The number of likely N-dealkylation sites (N-methyl/N-ethyl adjacent to an activating group) is 1. The SMILES string of the molecule is CC1CCC(N(C)C(=O)COC(=O)c2ccc(OS(=O)(=O)c3cccc([N+](=O)[O-])c3)cc2)CC1. The predicted molar refractivity (Wildman–Crippen MR) is 122 cm³/mol. The normalized spacial score (nSPS) is 18.1. The highest BCUT2D eigenvalue weighted by molar-refractivity contribution is 7.87. The third kappa shape index (κ3) is 6.31. The van der Waals surface area contributed by atoms with E-state index in [1.807, 2.05) is 0 Å². The van der Waals surface area contributed by atoms with E-state index >= 15 is 0 Å². The standard InChI is InChI=1S/C23H26N2O8S/c1-16-6-10-18(11-7-16)24(2)22(26)15-32-23(27)17-8-12-20(13-9-17)33-34(30,31)21-5-3-4-19(14-21)25(28)29/h3-5,8-9,12-14,16,18H,6-7,10-11,15H2,1-2H3. The van der Waals surface area contributed by atoms with Crippen molar-refractivity contribution < 1.29 is 31.9 Å². The molecule has 1 aliphatic carbocycles. The molecule has 0 saturated heterocycles. The van der Waals surface area contributed by atoms with Crippen LogP contribution in [0, 0.1) is 16.0 Å². The van der Waals surface area contributed by atoms with E-state index in [4.69, 9.17) is 8.92 Å². The van der Waals surface area contributed by atoms with Gasteiger partial charge in [-0.3, -0.25) is 14.9 Å². The lowest BCUT2D eigenvalue weighted by Crippen LogP contribution is -2.41. The fraction of sp³-hybridized carbons (Fsp3) is 0.391. The molecule has 0 unspecified atom stereocenters. The maximum absolute atomic E-state index is 12.4. The molecule has 182 valence electrons. The van der Waals surface area contributed by atoms with Crippen LogP contribution in [0.25, 0.3) is 0 Å². The fourth-order valence-corrected chi connectivity index (χ4v) is 4.69. The Hall–Kier alpha value is -3.47. The van der Waals surface area contributed by atoms with Crippen LogP contribution in [-0.2, 0) is 19.6 Å². The van der Waals surface area contributed by atoms with Crippen LogP contribution in [0.4, 0.5) is 5.69 Å². The molecule has 0 radical (unpaired) electrons. The van der Waals surface area contributed by atoms with Gasteiger partial charge in [-0.25, -0.2) is 4.79 Å². The Morgan fingerprint density at radius 3 is 2.35 bits per heavy atom. The lowest BCUT2D eigenvalue weighted by Gasteiger charge is -2.33. The summed E-state index contributed by atoms with van der Waals surface area (Å²) in [5.74, 6) is -0.445. The molecule has 2 aromatic rings. The molecule has 11 heteroatoms. The molecule has 0 atom stereocenters. The molecule has 1 fully saturated rings. The minimum atomic E-state index is -4.32. The van der Waals surface area contributed by atoms with Crippen molar-refractivity contribution in [2.75, 3.05) is 13.7 Å². The molecule has 0 bridgehead atoms. The summed E-state index contributed by atoms with van der Waals surface area (Å²) in [7, 11) is -2.61. The van der Waals surface area contributed by atoms with Crippen LogP contribution >= 0.6 is 0 Å². The average Bonchev–Trinajstić information content (AvgIpc) is 2.82. The maximum atomic E-state index is 12.4. The first-order valence-electron chi connectivity index (χ1n) is 10.8. The quantitative estimate of drug-likeness (QED) is 0.237. The number of non-ortho nitro benzene ring substituents is 1. The summed E-state index contributed by atoms with van der Waals surface area (Å²) in [6.07, 6.45) is 3.98. The molecule has 0 aromatic heterocycles. The number of nitro benzene ring substituents is 1. The van der Waals surface area contributed by atoms with E-state index in [1.165, 1.54) is 36.4 Å².